The molecule has 0 amide bonds. The van der Waals surface area contributed by atoms with Crippen molar-refractivity contribution in [3.8, 4) is 0 Å². The van der Waals surface area contributed by atoms with Crippen LogP contribution in [0.5, 0.6) is 0 Å². The van der Waals surface area contributed by atoms with Gasteiger partial charge in [0.15, 0.2) is 0 Å². The fraction of sp³-hybridized carbons (Fsp3) is 0.212. The van der Waals surface area contributed by atoms with Crippen molar-refractivity contribution in [3.05, 3.63) is 117 Å². The zero-order chi connectivity index (χ0) is 33.5. The number of allylic oxidation sites excluding steroid dienone is 4. The van der Waals surface area contributed by atoms with Gasteiger partial charge in [0.05, 0.1) is 7.11 Å². The molecule has 1 saturated carbocycles. The van der Waals surface area contributed by atoms with E-state index in [2.05, 4.69) is 66.7 Å². The van der Waals surface area contributed by atoms with Crippen LogP contribution < -0.4 is 0 Å². The molecule has 1 spiro atoms. The molecule has 11 aromatic rings. The number of carbonyl (C=O) groups is 1. The van der Waals surface area contributed by atoms with Crippen LogP contribution in [-0.2, 0) is 39.6 Å². The molecule has 18 rings (SSSR count). The molecule has 7 aliphatic rings. The van der Waals surface area contributed by atoms with Crippen molar-refractivity contribution in [1.29, 1.82) is 0 Å². The van der Waals surface area contributed by atoms with Crippen LogP contribution in [0.15, 0.2) is 66.7 Å². The van der Waals surface area contributed by atoms with E-state index in [1.54, 1.807) is 142 Å². The van der Waals surface area contributed by atoms with Crippen LogP contribution in [0, 0.1) is 5.41 Å². The molecule has 0 radical (unpaired) electrons. The highest BCUT2D eigenvalue weighted by molar-refractivity contribution is 6.61. The molecule has 0 N–H and O–H groups in total. The first-order valence-electron chi connectivity index (χ1n) is 19.8. The van der Waals surface area contributed by atoms with E-state index >= 15 is 0 Å². The van der Waals surface area contributed by atoms with Gasteiger partial charge in [-0.15, -0.1) is 0 Å². The van der Waals surface area contributed by atoms with E-state index in [1.807, 2.05) is 0 Å². The van der Waals surface area contributed by atoms with E-state index in [1.165, 1.54) is 23.4 Å². The molecule has 11 aromatic carbocycles. The molecule has 0 aliphatic heterocycles. The maximum absolute atomic E-state index is 12.8. The minimum absolute atomic E-state index is 0. The van der Waals surface area contributed by atoms with Crippen molar-refractivity contribution in [2.45, 2.75) is 56.8 Å². The van der Waals surface area contributed by atoms with E-state index in [4.69, 9.17) is 4.74 Å². The first-order valence-corrected chi connectivity index (χ1v) is 19.8. The Labute approximate surface area is 308 Å². The fourth-order valence-electron chi connectivity index (χ4n) is 16.3. The maximum atomic E-state index is 12.8. The monoisotopic (exact) mass is 686 g/mol. The van der Waals surface area contributed by atoms with Crippen molar-refractivity contribution in [1.82, 2.24) is 0 Å². The Hall–Kier alpha value is -5.73. The van der Waals surface area contributed by atoms with Gasteiger partial charge < -0.3 is 4.74 Å². The van der Waals surface area contributed by atoms with Gasteiger partial charge in [-0.2, -0.15) is 0 Å². The summed E-state index contributed by atoms with van der Waals surface area (Å²) in [5, 5.41) is 28.2. The van der Waals surface area contributed by atoms with Crippen LogP contribution in [0.4, 0.5) is 0 Å². The topological polar surface area (TPSA) is 26.3 Å². The van der Waals surface area contributed by atoms with Gasteiger partial charge in [-0.3, -0.25) is 4.79 Å². The normalized spacial score (nSPS) is 25.5. The van der Waals surface area contributed by atoms with E-state index in [0.717, 1.165) is 32.1 Å². The second-order valence-corrected chi connectivity index (χ2v) is 18.3. The summed E-state index contributed by atoms with van der Waals surface area (Å²) in [4.78, 5) is 12.8. The highest BCUT2D eigenvalue weighted by Gasteiger charge is 2.90. The number of ether oxygens (including phenoxy) is 1. The zero-order valence-electron chi connectivity index (χ0n) is 28.9. The number of hydrogen-bond donors (Lipinski definition) is 0. The van der Waals surface area contributed by atoms with Gasteiger partial charge in [-0.05, 0) is 190 Å². The van der Waals surface area contributed by atoms with Crippen molar-refractivity contribution in [2.24, 2.45) is 5.41 Å². The second-order valence-electron chi connectivity index (χ2n) is 18.3. The fourth-order valence-corrected chi connectivity index (χ4v) is 16.3. The average Bonchev–Trinajstić information content (AvgIpc) is 3.88. The Morgan fingerprint density at radius 2 is 1.07 bits per heavy atom. The van der Waals surface area contributed by atoms with Crippen molar-refractivity contribution in [2.75, 3.05) is 7.11 Å². The Balaban J connectivity index is 0.00000272. The van der Waals surface area contributed by atoms with E-state index in [-0.39, 0.29) is 29.6 Å². The SMILES string of the molecule is C.COC(=O)CCCC1(c2ccccc2)C23C=C4Cc5cc6cc7c8c9c(cc%10cc%11c%12c(c%13c%14c%15c(c4c5c4c6c8c(c%154)c4c9c%10c%12c%144)C%1321)C(=C3)C%11)C7. The van der Waals surface area contributed by atoms with E-state index in [9.17, 15) is 4.79 Å². The molecule has 250 valence electrons. The molecule has 2 nitrogen and oxygen atoms in total. The molecule has 54 heavy (non-hydrogen) atoms. The molecule has 0 aromatic heterocycles. The number of carbonyl (C=O) groups excluding carboxylic acids is 1. The van der Waals surface area contributed by atoms with Crippen molar-refractivity contribution < 1.29 is 9.53 Å². The smallest absolute Gasteiger partial charge is 0.305 e. The molecule has 0 bridgehead atoms. The highest BCUT2D eigenvalue weighted by Crippen LogP contribution is 2.92. The van der Waals surface area contributed by atoms with E-state index in [0.29, 0.717) is 6.42 Å². The zero-order valence-corrected chi connectivity index (χ0v) is 28.9. The summed E-state index contributed by atoms with van der Waals surface area (Å²) < 4.78 is 5.26. The van der Waals surface area contributed by atoms with Gasteiger partial charge in [-0.25, -0.2) is 0 Å². The highest BCUT2D eigenvalue weighted by atomic mass is 16.5. The first-order chi connectivity index (χ1) is 26.1. The Morgan fingerprint density at radius 3 is 1.61 bits per heavy atom. The van der Waals surface area contributed by atoms with E-state index < -0.39 is 0 Å². The summed E-state index contributed by atoms with van der Waals surface area (Å²) in [5.41, 5.74) is 16.6. The summed E-state index contributed by atoms with van der Waals surface area (Å²) in [6.45, 7) is 0. The summed E-state index contributed by atoms with van der Waals surface area (Å²) in [6.07, 6.45) is 10.9. The van der Waals surface area contributed by atoms with Crippen LogP contribution >= 0.6 is 0 Å². The molecular weight excluding hydrogens is 657 g/mol. The van der Waals surface area contributed by atoms with Gasteiger partial charge >= 0.3 is 5.97 Å². The summed E-state index contributed by atoms with van der Waals surface area (Å²) in [5.74, 6) is -0.0979. The summed E-state index contributed by atoms with van der Waals surface area (Å²) in [6, 6.07) is 22.0. The standard InChI is InChI=1S/C51H26O2.CH4/c1-53-28(52)8-5-9-50(27-6-3-2-4-7-27)49-17-25-15-23-13-21-11-19-10-20-12-22-14-24-16-26(18-49)36-32(24)40-34(22)38-30(20)29(19)37-33(21)39-31(23)35(25)47-45-43(39)41(37)42(38)44(40)46(45)48(36)51(47,49)50;/h2-4,6-7,11-14,17-18H,5,8-10,15-16H2,1H3;1H4. The largest absolute Gasteiger partial charge is 0.469 e. The van der Waals surface area contributed by atoms with Gasteiger partial charge in [0, 0.05) is 22.7 Å². The predicted molar refractivity (Wildman–Crippen MR) is 221 cm³/mol. The number of hydrogen-bond acceptors (Lipinski definition) is 2. The predicted octanol–water partition coefficient (Wildman–Crippen LogP) is 12.0. The van der Waals surface area contributed by atoms with Crippen LogP contribution in [0.3, 0.4) is 0 Å². The van der Waals surface area contributed by atoms with Crippen LogP contribution in [-0.4, -0.2) is 13.1 Å². The third-order valence-electron chi connectivity index (χ3n) is 17.1. The molecule has 1 atom stereocenters. The number of benzene rings is 9. The lowest BCUT2D eigenvalue weighted by molar-refractivity contribution is -0.140. The third kappa shape index (κ3) is 1.89. The summed E-state index contributed by atoms with van der Waals surface area (Å²) >= 11 is 0. The lowest BCUT2D eigenvalue weighted by Crippen LogP contribution is -2.26. The molecular formula is C52H30O2. The van der Waals surface area contributed by atoms with Gasteiger partial charge in [0.2, 0.25) is 0 Å². The van der Waals surface area contributed by atoms with Crippen molar-refractivity contribution >= 4 is 114 Å². The minimum Gasteiger partial charge on any atom is -0.469 e. The molecule has 0 saturated heterocycles. The number of methoxy groups -OCH3 is 1. The van der Waals surface area contributed by atoms with Crippen LogP contribution in [0.1, 0.15) is 76.8 Å². The number of rotatable bonds is 5. The first kappa shape index (κ1) is 26.1. The Bertz CT molecular complexity index is 3630. The quantitative estimate of drug-likeness (QED) is 0.133. The third-order valence-corrected chi connectivity index (χ3v) is 17.1. The average molecular weight is 687 g/mol. The number of esters is 1. The molecule has 7 aliphatic carbocycles. The van der Waals surface area contributed by atoms with Crippen LogP contribution in [0.25, 0.3) is 108 Å². The van der Waals surface area contributed by atoms with Crippen LogP contribution in [0.2, 0.25) is 0 Å². The minimum atomic E-state index is -0.209. The Kier molecular flexibility index (Phi) is 3.38. The van der Waals surface area contributed by atoms with Gasteiger partial charge in [-0.1, -0.05) is 74.2 Å². The summed E-state index contributed by atoms with van der Waals surface area (Å²) in [7, 11) is 1.54. The second kappa shape index (κ2) is 7.00. The van der Waals surface area contributed by atoms with Gasteiger partial charge in [0.1, 0.15) is 0 Å². The lowest BCUT2D eigenvalue weighted by atomic mass is 9.69. The van der Waals surface area contributed by atoms with Crippen molar-refractivity contribution in [3.63, 3.8) is 0 Å². The molecule has 0 heterocycles. The maximum Gasteiger partial charge on any atom is 0.305 e. The Morgan fingerprint density at radius 1 is 0.593 bits per heavy atom. The molecule has 2 heteroatoms. The lowest BCUT2D eigenvalue weighted by Gasteiger charge is -2.32. The molecule has 1 unspecified atom stereocenters. The molecule has 1 fully saturated rings. The van der Waals surface area contributed by atoms with Gasteiger partial charge in [0.25, 0.3) is 0 Å².